The standard InChI is InChI=1S/C13H20ClN5/c1-5-15-11(13-16-6-7-18(13)4)12-10(14)8-17-19(12)9(2)3/h6-9,11,15H,5H2,1-4H3. The average Bonchev–Trinajstić information content (AvgIpc) is 2.93. The van der Waals surface area contributed by atoms with E-state index in [4.69, 9.17) is 11.6 Å². The molecule has 1 unspecified atom stereocenters. The molecule has 0 aliphatic rings. The lowest BCUT2D eigenvalue weighted by Gasteiger charge is -2.21. The first-order valence-corrected chi connectivity index (χ1v) is 6.87. The zero-order chi connectivity index (χ0) is 14.0. The molecule has 0 spiro atoms. The normalized spacial score (nSPS) is 13.2. The molecular weight excluding hydrogens is 262 g/mol. The van der Waals surface area contributed by atoms with Crippen LogP contribution in [0.2, 0.25) is 5.02 Å². The zero-order valence-electron chi connectivity index (χ0n) is 11.8. The van der Waals surface area contributed by atoms with Gasteiger partial charge in [0.2, 0.25) is 0 Å². The Balaban J connectivity index is 2.51. The summed E-state index contributed by atoms with van der Waals surface area (Å²) < 4.78 is 3.95. The Morgan fingerprint density at radius 1 is 1.42 bits per heavy atom. The van der Waals surface area contributed by atoms with Gasteiger partial charge in [0.05, 0.1) is 16.9 Å². The van der Waals surface area contributed by atoms with E-state index in [1.54, 1.807) is 12.4 Å². The topological polar surface area (TPSA) is 47.7 Å². The summed E-state index contributed by atoms with van der Waals surface area (Å²) in [4.78, 5) is 4.43. The van der Waals surface area contributed by atoms with Gasteiger partial charge < -0.3 is 9.88 Å². The number of imidazole rings is 1. The van der Waals surface area contributed by atoms with E-state index in [9.17, 15) is 0 Å². The highest BCUT2D eigenvalue weighted by molar-refractivity contribution is 6.31. The molecule has 0 aliphatic heterocycles. The Morgan fingerprint density at radius 3 is 2.68 bits per heavy atom. The van der Waals surface area contributed by atoms with E-state index in [1.807, 2.05) is 22.5 Å². The first-order chi connectivity index (χ1) is 9.06. The lowest BCUT2D eigenvalue weighted by Crippen LogP contribution is -2.28. The summed E-state index contributed by atoms with van der Waals surface area (Å²) in [5.41, 5.74) is 0.966. The molecule has 0 saturated carbocycles. The molecule has 0 radical (unpaired) electrons. The maximum atomic E-state index is 6.33. The molecule has 2 rings (SSSR count). The van der Waals surface area contributed by atoms with E-state index in [0.717, 1.165) is 18.1 Å². The van der Waals surface area contributed by atoms with Gasteiger partial charge in [-0.2, -0.15) is 5.10 Å². The molecular formula is C13H20ClN5. The predicted octanol–water partition coefficient (Wildman–Crippen LogP) is 2.55. The van der Waals surface area contributed by atoms with Crippen molar-refractivity contribution in [1.29, 1.82) is 0 Å². The van der Waals surface area contributed by atoms with Crippen LogP contribution in [0.15, 0.2) is 18.6 Å². The van der Waals surface area contributed by atoms with Crippen LogP contribution in [0, 0.1) is 0 Å². The molecule has 0 bridgehead atoms. The first kappa shape index (κ1) is 14.1. The molecule has 2 heterocycles. The summed E-state index contributed by atoms with van der Waals surface area (Å²) in [6.07, 6.45) is 5.43. The summed E-state index contributed by atoms with van der Waals surface area (Å²) >= 11 is 6.33. The molecule has 5 nitrogen and oxygen atoms in total. The highest BCUT2D eigenvalue weighted by Crippen LogP contribution is 2.29. The molecule has 104 valence electrons. The molecule has 0 fully saturated rings. The summed E-state index contributed by atoms with van der Waals surface area (Å²) in [5, 5.41) is 8.47. The summed E-state index contributed by atoms with van der Waals surface area (Å²) in [5.74, 6) is 0.936. The lowest BCUT2D eigenvalue weighted by molar-refractivity contribution is 0.463. The SMILES string of the molecule is CCNC(c1nccn1C)c1c(Cl)cnn1C(C)C. The van der Waals surface area contributed by atoms with Crippen LogP contribution >= 0.6 is 11.6 Å². The van der Waals surface area contributed by atoms with Crippen LogP contribution in [-0.2, 0) is 7.05 Å². The van der Waals surface area contributed by atoms with Gasteiger partial charge in [0.25, 0.3) is 0 Å². The summed E-state index contributed by atoms with van der Waals surface area (Å²) in [6.45, 7) is 7.08. The van der Waals surface area contributed by atoms with Gasteiger partial charge in [0.15, 0.2) is 0 Å². The first-order valence-electron chi connectivity index (χ1n) is 6.49. The highest BCUT2D eigenvalue weighted by Gasteiger charge is 2.25. The minimum atomic E-state index is -0.0533. The Kier molecular flexibility index (Phi) is 4.27. The number of hydrogen-bond donors (Lipinski definition) is 1. The van der Waals surface area contributed by atoms with Gasteiger partial charge in [-0.1, -0.05) is 18.5 Å². The van der Waals surface area contributed by atoms with Crippen molar-refractivity contribution in [1.82, 2.24) is 24.6 Å². The number of nitrogens with one attached hydrogen (secondary N) is 1. The Bertz CT molecular complexity index is 543. The fraction of sp³-hybridized carbons (Fsp3) is 0.538. The maximum Gasteiger partial charge on any atom is 0.131 e. The second-order valence-corrected chi connectivity index (χ2v) is 5.21. The van der Waals surface area contributed by atoms with Crippen LogP contribution in [0.5, 0.6) is 0 Å². The van der Waals surface area contributed by atoms with Crippen LogP contribution in [0.1, 0.15) is 44.4 Å². The van der Waals surface area contributed by atoms with Crippen LogP contribution in [0.25, 0.3) is 0 Å². The molecule has 0 aromatic carbocycles. The summed E-state index contributed by atoms with van der Waals surface area (Å²) in [7, 11) is 1.98. The van der Waals surface area contributed by atoms with E-state index < -0.39 is 0 Å². The van der Waals surface area contributed by atoms with Crippen molar-refractivity contribution < 1.29 is 0 Å². The van der Waals surface area contributed by atoms with Crippen molar-refractivity contribution in [3.8, 4) is 0 Å². The molecule has 1 N–H and O–H groups in total. The minimum Gasteiger partial charge on any atom is -0.336 e. The number of halogens is 1. The van der Waals surface area contributed by atoms with Gasteiger partial charge in [-0.25, -0.2) is 4.98 Å². The Labute approximate surface area is 118 Å². The van der Waals surface area contributed by atoms with Crippen LogP contribution in [-0.4, -0.2) is 25.9 Å². The van der Waals surface area contributed by atoms with Crippen molar-refractivity contribution >= 4 is 11.6 Å². The monoisotopic (exact) mass is 281 g/mol. The molecule has 2 aromatic heterocycles. The van der Waals surface area contributed by atoms with E-state index in [1.165, 1.54) is 0 Å². The molecule has 6 heteroatoms. The zero-order valence-corrected chi connectivity index (χ0v) is 12.5. The van der Waals surface area contributed by atoms with Crippen molar-refractivity contribution in [3.05, 3.63) is 35.1 Å². The van der Waals surface area contributed by atoms with Crippen LogP contribution in [0.3, 0.4) is 0 Å². The average molecular weight is 282 g/mol. The fourth-order valence-electron chi connectivity index (χ4n) is 2.20. The molecule has 2 aromatic rings. The summed E-state index contributed by atoms with van der Waals surface area (Å²) in [6, 6.07) is 0.200. The fourth-order valence-corrected chi connectivity index (χ4v) is 2.44. The molecule has 0 saturated heterocycles. The predicted molar refractivity (Wildman–Crippen MR) is 76.3 cm³/mol. The molecule has 1 atom stereocenters. The van der Waals surface area contributed by atoms with Crippen molar-refractivity contribution in [2.45, 2.75) is 32.9 Å². The lowest BCUT2D eigenvalue weighted by atomic mass is 10.1. The Morgan fingerprint density at radius 2 is 2.16 bits per heavy atom. The number of aromatic nitrogens is 4. The quantitative estimate of drug-likeness (QED) is 0.916. The van der Waals surface area contributed by atoms with Gasteiger partial charge in [-0.05, 0) is 20.4 Å². The van der Waals surface area contributed by atoms with Crippen molar-refractivity contribution in [2.75, 3.05) is 6.54 Å². The van der Waals surface area contributed by atoms with Crippen LogP contribution < -0.4 is 5.32 Å². The van der Waals surface area contributed by atoms with Gasteiger partial charge in [0, 0.05) is 25.5 Å². The highest BCUT2D eigenvalue weighted by atomic mass is 35.5. The molecule has 19 heavy (non-hydrogen) atoms. The van der Waals surface area contributed by atoms with E-state index >= 15 is 0 Å². The third-order valence-electron chi connectivity index (χ3n) is 3.07. The number of nitrogens with zero attached hydrogens (tertiary/aromatic N) is 4. The number of aryl methyl sites for hydroxylation is 1. The van der Waals surface area contributed by atoms with Gasteiger partial charge in [-0.15, -0.1) is 0 Å². The third kappa shape index (κ3) is 2.67. The Hall–Kier alpha value is -1.33. The third-order valence-corrected chi connectivity index (χ3v) is 3.37. The van der Waals surface area contributed by atoms with Crippen molar-refractivity contribution in [2.24, 2.45) is 7.05 Å². The largest absolute Gasteiger partial charge is 0.336 e. The number of hydrogen-bond acceptors (Lipinski definition) is 3. The molecule has 0 amide bonds. The van der Waals surface area contributed by atoms with Crippen LogP contribution in [0.4, 0.5) is 0 Å². The van der Waals surface area contributed by atoms with E-state index in [0.29, 0.717) is 5.02 Å². The van der Waals surface area contributed by atoms with E-state index in [-0.39, 0.29) is 12.1 Å². The second-order valence-electron chi connectivity index (χ2n) is 4.80. The second kappa shape index (κ2) is 5.75. The van der Waals surface area contributed by atoms with Crippen molar-refractivity contribution in [3.63, 3.8) is 0 Å². The number of rotatable bonds is 5. The van der Waals surface area contributed by atoms with E-state index in [2.05, 4.69) is 36.2 Å². The van der Waals surface area contributed by atoms with Gasteiger partial charge in [-0.3, -0.25) is 4.68 Å². The minimum absolute atomic E-state index is 0.0533. The smallest absolute Gasteiger partial charge is 0.131 e. The molecule has 0 aliphatic carbocycles. The maximum absolute atomic E-state index is 6.33. The van der Waals surface area contributed by atoms with Gasteiger partial charge in [0.1, 0.15) is 11.9 Å². The van der Waals surface area contributed by atoms with Gasteiger partial charge >= 0.3 is 0 Å².